The Morgan fingerprint density at radius 2 is 2.19 bits per heavy atom. The molecular weight excluding hydrogens is 290 g/mol. The first-order valence-electron chi connectivity index (χ1n) is 6.54. The van der Waals surface area contributed by atoms with Crippen molar-refractivity contribution < 1.29 is 5.11 Å². The molecule has 0 fully saturated rings. The molecule has 0 atom stereocenters. The van der Waals surface area contributed by atoms with Crippen LogP contribution >= 0.6 is 11.6 Å². The Balaban J connectivity index is 1.70. The quantitative estimate of drug-likeness (QED) is 0.755. The highest BCUT2D eigenvalue weighted by atomic mass is 35.5. The lowest BCUT2D eigenvalue weighted by molar-refractivity contribution is 0.276. The summed E-state index contributed by atoms with van der Waals surface area (Å²) in [4.78, 5) is 4.30. The molecule has 1 aromatic carbocycles. The normalized spacial score (nSPS) is 11.0. The summed E-state index contributed by atoms with van der Waals surface area (Å²) >= 11 is 5.97. The minimum absolute atomic E-state index is 0.0941. The maximum absolute atomic E-state index is 8.95. The van der Waals surface area contributed by atoms with Crippen molar-refractivity contribution in [2.75, 3.05) is 11.9 Å². The van der Waals surface area contributed by atoms with Gasteiger partial charge < -0.3 is 10.4 Å². The summed E-state index contributed by atoms with van der Waals surface area (Å²) in [7, 11) is 0. The van der Waals surface area contributed by atoms with Crippen LogP contribution in [0.25, 0.3) is 10.9 Å². The summed E-state index contributed by atoms with van der Waals surface area (Å²) < 4.78 is 1.69. The third kappa shape index (κ3) is 3.12. The van der Waals surface area contributed by atoms with Gasteiger partial charge in [-0.3, -0.25) is 9.67 Å². The number of aliphatic hydroxyl groups excluding tert-OH is 1. The van der Waals surface area contributed by atoms with E-state index in [-0.39, 0.29) is 6.61 Å². The van der Waals surface area contributed by atoms with Gasteiger partial charge in [0.15, 0.2) is 0 Å². The number of benzene rings is 1. The average Bonchev–Trinajstić information content (AvgIpc) is 2.95. The van der Waals surface area contributed by atoms with E-state index >= 15 is 0 Å². The van der Waals surface area contributed by atoms with Gasteiger partial charge in [-0.05, 0) is 24.3 Å². The van der Waals surface area contributed by atoms with Gasteiger partial charge in [-0.1, -0.05) is 16.8 Å². The van der Waals surface area contributed by atoms with Gasteiger partial charge in [-0.25, -0.2) is 0 Å². The van der Waals surface area contributed by atoms with Crippen LogP contribution in [0, 0.1) is 0 Å². The van der Waals surface area contributed by atoms with Crippen molar-refractivity contribution in [3.63, 3.8) is 0 Å². The molecule has 0 aliphatic heterocycles. The molecule has 2 N–H and O–H groups in total. The van der Waals surface area contributed by atoms with E-state index in [1.807, 2.05) is 24.3 Å². The van der Waals surface area contributed by atoms with Crippen molar-refractivity contribution in [2.24, 2.45) is 0 Å². The maximum Gasteiger partial charge on any atom is 0.108 e. The van der Waals surface area contributed by atoms with Crippen molar-refractivity contribution in [2.45, 2.75) is 13.2 Å². The lowest BCUT2D eigenvalue weighted by Gasteiger charge is -2.09. The van der Waals surface area contributed by atoms with E-state index in [9.17, 15) is 0 Å². The molecule has 0 aliphatic rings. The second kappa shape index (κ2) is 6.07. The van der Waals surface area contributed by atoms with Crippen molar-refractivity contribution in [1.29, 1.82) is 0 Å². The molecule has 0 aliphatic carbocycles. The highest BCUT2D eigenvalue weighted by Gasteiger charge is 2.03. The summed E-state index contributed by atoms with van der Waals surface area (Å²) in [6.45, 7) is 1.25. The number of nitrogens with one attached hydrogen (secondary N) is 1. The summed E-state index contributed by atoms with van der Waals surface area (Å²) in [5.41, 5.74) is 2.42. The maximum atomic E-state index is 8.95. The van der Waals surface area contributed by atoms with Gasteiger partial charge in [0.25, 0.3) is 0 Å². The number of halogens is 1. The smallest absolute Gasteiger partial charge is 0.108 e. The molecule has 3 rings (SSSR count). The summed E-state index contributed by atoms with van der Waals surface area (Å²) in [6, 6.07) is 7.57. The molecular formula is C14H14ClN5O. The van der Waals surface area contributed by atoms with Crippen molar-refractivity contribution in [3.8, 4) is 0 Å². The lowest BCUT2D eigenvalue weighted by Crippen LogP contribution is -2.11. The first kappa shape index (κ1) is 13.8. The third-order valence-corrected chi connectivity index (χ3v) is 3.34. The highest BCUT2D eigenvalue weighted by Crippen LogP contribution is 2.24. The van der Waals surface area contributed by atoms with Crippen LogP contribution in [0.4, 0.5) is 5.69 Å². The average molecular weight is 304 g/mol. The fourth-order valence-corrected chi connectivity index (χ4v) is 2.27. The summed E-state index contributed by atoms with van der Waals surface area (Å²) in [5.74, 6) is 0. The van der Waals surface area contributed by atoms with Crippen LogP contribution in [0.3, 0.4) is 0 Å². The number of hydrogen-bond acceptors (Lipinski definition) is 5. The van der Waals surface area contributed by atoms with Crippen molar-refractivity contribution >= 4 is 28.2 Å². The predicted octanol–water partition coefficient (Wildman–Crippen LogP) is 2.08. The van der Waals surface area contributed by atoms with Crippen LogP contribution in [0.2, 0.25) is 5.02 Å². The van der Waals surface area contributed by atoms with E-state index in [0.717, 1.165) is 16.6 Å². The largest absolute Gasteiger partial charge is 0.390 e. The lowest BCUT2D eigenvalue weighted by atomic mass is 10.2. The topological polar surface area (TPSA) is 75.9 Å². The Bertz CT molecular complexity index is 758. The fourth-order valence-electron chi connectivity index (χ4n) is 2.10. The molecule has 0 unspecified atom stereocenters. The van der Waals surface area contributed by atoms with Crippen molar-refractivity contribution in [3.05, 3.63) is 47.4 Å². The second-order valence-electron chi connectivity index (χ2n) is 4.58. The number of aliphatic hydroxyl groups is 1. The monoisotopic (exact) mass is 303 g/mol. The molecule has 2 heterocycles. The Morgan fingerprint density at radius 1 is 1.29 bits per heavy atom. The molecule has 0 saturated carbocycles. The van der Waals surface area contributed by atoms with Crippen LogP contribution in [0.15, 0.2) is 36.7 Å². The zero-order valence-electron chi connectivity index (χ0n) is 11.2. The molecule has 7 heteroatoms. The zero-order chi connectivity index (χ0) is 14.7. The molecule has 3 aromatic rings. The standard InChI is InChI=1S/C14H14ClN5O/c15-10-1-2-12-13(3-4-16-14(12)7-10)17-5-6-20-8-11(9-21)18-19-20/h1-4,7-8,21H,5-6,9H2,(H,16,17). The highest BCUT2D eigenvalue weighted by molar-refractivity contribution is 6.31. The van der Waals surface area contributed by atoms with Crippen LogP contribution in [0.5, 0.6) is 0 Å². The van der Waals surface area contributed by atoms with E-state index in [2.05, 4.69) is 20.6 Å². The predicted molar refractivity (Wildman–Crippen MR) is 81.2 cm³/mol. The summed E-state index contributed by atoms with van der Waals surface area (Å²) in [5, 5.41) is 21.8. The SMILES string of the molecule is OCc1cn(CCNc2ccnc3cc(Cl)ccc23)nn1. The van der Waals surface area contributed by atoms with E-state index in [0.29, 0.717) is 23.8 Å². The molecule has 0 spiro atoms. The van der Waals surface area contributed by atoms with Crippen molar-refractivity contribution in [1.82, 2.24) is 20.0 Å². The second-order valence-corrected chi connectivity index (χ2v) is 5.01. The minimum Gasteiger partial charge on any atom is -0.390 e. The molecule has 0 saturated heterocycles. The van der Waals surface area contributed by atoms with Gasteiger partial charge in [0, 0.05) is 28.8 Å². The Kier molecular flexibility index (Phi) is 3.98. The van der Waals surface area contributed by atoms with Gasteiger partial charge in [0.2, 0.25) is 0 Å². The number of aromatic nitrogens is 4. The van der Waals surface area contributed by atoms with Gasteiger partial charge >= 0.3 is 0 Å². The van der Waals surface area contributed by atoms with E-state index in [1.165, 1.54) is 0 Å². The summed E-state index contributed by atoms with van der Waals surface area (Å²) in [6.07, 6.45) is 3.48. The zero-order valence-corrected chi connectivity index (χ0v) is 12.0. The van der Waals surface area contributed by atoms with Gasteiger partial charge in [0.05, 0.1) is 24.9 Å². The molecule has 2 aromatic heterocycles. The first-order valence-corrected chi connectivity index (χ1v) is 6.92. The van der Waals surface area contributed by atoms with Gasteiger partial charge in [-0.2, -0.15) is 0 Å². The fraction of sp³-hybridized carbons (Fsp3) is 0.214. The molecule has 6 nitrogen and oxygen atoms in total. The molecule has 108 valence electrons. The molecule has 0 radical (unpaired) electrons. The van der Waals surface area contributed by atoms with E-state index in [1.54, 1.807) is 17.1 Å². The number of hydrogen-bond donors (Lipinski definition) is 2. The molecule has 21 heavy (non-hydrogen) atoms. The number of pyridine rings is 1. The van der Waals surface area contributed by atoms with E-state index < -0.39 is 0 Å². The Morgan fingerprint density at radius 3 is 3.00 bits per heavy atom. The van der Waals surface area contributed by atoms with Crippen LogP contribution in [-0.4, -0.2) is 31.6 Å². The van der Waals surface area contributed by atoms with Crippen LogP contribution in [0.1, 0.15) is 5.69 Å². The Labute approximate surface area is 126 Å². The number of fused-ring (bicyclic) bond motifs is 1. The van der Waals surface area contributed by atoms with E-state index in [4.69, 9.17) is 16.7 Å². The first-order chi connectivity index (χ1) is 10.3. The van der Waals surface area contributed by atoms with Crippen LogP contribution in [-0.2, 0) is 13.2 Å². The number of anilines is 1. The number of nitrogens with zero attached hydrogens (tertiary/aromatic N) is 4. The molecule has 0 amide bonds. The van der Waals surface area contributed by atoms with Gasteiger partial charge in [0.1, 0.15) is 5.69 Å². The van der Waals surface area contributed by atoms with Crippen LogP contribution < -0.4 is 5.32 Å². The molecule has 0 bridgehead atoms. The minimum atomic E-state index is -0.0941. The third-order valence-electron chi connectivity index (χ3n) is 3.11. The van der Waals surface area contributed by atoms with Gasteiger partial charge in [-0.15, -0.1) is 5.10 Å². The number of rotatable bonds is 5. The Hall–Kier alpha value is -2.18.